The lowest BCUT2D eigenvalue weighted by atomic mass is 10.1. The molecule has 2 rings (SSSR count). The second-order valence-corrected chi connectivity index (χ2v) is 3.92. The molecular formula is C13H14N4O. The molecule has 0 spiro atoms. The molecule has 2 heterocycles. The van der Waals surface area contributed by atoms with Gasteiger partial charge in [-0.15, -0.1) is 0 Å². The van der Waals surface area contributed by atoms with E-state index in [1.165, 1.54) is 0 Å². The minimum absolute atomic E-state index is 0.146. The molecule has 0 radical (unpaired) electrons. The van der Waals surface area contributed by atoms with E-state index in [2.05, 4.69) is 15.3 Å². The Kier molecular flexibility index (Phi) is 3.52. The van der Waals surface area contributed by atoms with Gasteiger partial charge in [-0.1, -0.05) is 6.07 Å². The van der Waals surface area contributed by atoms with Crippen LogP contribution in [0.4, 0.5) is 5.69 Å². The summed E-state index contributed by atoms with van der Waals surface area (Å²) in [6.45, 7) is 1.88. The quantitative estimate of drug-likeness (QED) is 0.855. The van der Waals surface area contributed by atoms with Crippen LogP contribution >= 0.6 is 0 Å². The van der Waals surface area contributed by atoms with Gasteiger partial charge in [0.1, 0.15) is 0 Å². The van der Waals surface area contributed by atoms with Crippen molar-refractivity contribution in [2.24, 2.45) is 0 Å². The first-order chi connectivity index (χ1) is 8.68. The first-order valence-corrected chi connectivity index (χ1v) is 5.60. The number of nitrogens with one attached hydrogen (secondary N) is 1. The molecule has 0 saturated carbocycles. The smallest absolute Gasteiger partial charge is 0.272 e. The minimum Gasteiger partial charge on any atom is -0.397 e. The summed E-state index contributed by atoms with van der Waals surface area (Å²) in [5, 5.41) is 2.83. The van der Waals surface area contributed by atoms with E-state index in [-0.39, 0.29) is 17.6 Å². The monoisotopic (exact) mass is 242 g/mol. The third-order valence-corrected chi connectivity index (χ3v) is 2.59. The second kappa shape index (κ2) is 5.27. The maximum atomic E-state index is 12.0. The summed E-state index contributed by atoms with van der Waals surface area (Å²) in [5.41, 5.74) is 7.24. The van der Waals surface area contributed by atoms with E-state index < -0.39 is 0 Å². The Morgan fingerprint density at radius 2 is 2.11 bits per heavy atom. The van der Waals surface area contributed by atoms with Crippen LogP contribution in [0.3, 0.4) is 0 Å². The fourth-order valence-corrected chi connectivity index (χ4v) is 1.59. The standard InChI is InChI=1S/C13H14N4O/c1-9(10-4-2-6-15-8-10)17-13(18)12-11(14)5-3-7-16-12/h2-9H,14H2,1H3,(H,17,18)/t9-/m0/s1. The number of carbonyl (C=O) groups is 1. The highest BCUT2D eigenvalue weighted by atomic mass is 16.1. The summed E-state index contributed by atoms with van der Waals surface area (Å²) >= 11 is 0. The van der Waals surface area contributed by atoms with Crippen LogP contribution in [0, 0.1) is 0 Å². The van der Waals surface area contributed by atoms with Gasteiger partial charge >= 0.3 is 0 Å². The Balaban J connectivity index is 2.11. The van der Waals surface area contributed by atoms with Crippen molar-refractivity contribution >= 4 is 11.6 Å². The molecule has 2 aromatic rings. The molecule has 1 amide bonds. The first kappa shape index (κ1) is 12.0. The zero-order chi connectivity index (χ0) is 13.0. The van der Waals surface area contributed by atoms with E-state index in [1.54, 1.807) is 30.7 Å². The fraction of sp³-hybridized carbons (Fsp3) is 0.154. The number of aromatic nitrogens is 2. The lowest BCUT2D eigenvalue weighted by Crippen LogP contribution is -2.28. The molecule has 0 aliphatic heterocycles. The van der Waals surface area contributed by atoms with Gasteiger partial charge in [0.2, 0.25) is 0 Å². The molecule has 5 nitrogen and oxygen atoms in total. The van der Waals surface area contributed by atoms with Crippen molar-refractivity contribution in [2.75, 3.05) is 5.73 Å². The van der Waals surface area contributed by atoms with Gasteiger partial charge in [-0.25, -0.2) is 4.98 Å². The summed E-state index contributed by atoms with van der Waals surface area (Å²) in [6.07, 6.45) is 4.95. The third kappa shape index (κ3) is 2.63. The van der Waals surface area contributed by atoms with E-state index in [0.29, 0.717) is 5.69 Å². The first-order valence-electron chi connectivity index (χ1n) is 5.60. The van der Waals surface area contributed by atoms with Gasteiger partial charge in [-0.05, 0) is 30.7 Å². The second-order valence-electron chi connectivity index (χ2n) is 3.92. The average Bonchev–Trinajstić information content (AvgIpc) is 2.40. The van der Waals surface area contributed by atoms with E-state index in [1.807, 2.05) is 19.1 Å². The van der Waals surface area contributed by atoms with Crippen molar-refractivity contribution in [2.45, 2.75) is 13.0 Å². The summed E-state index contributed by atoms with van der Waals surface area (Å²) in [4.78, 5) is 20.0. The maximum absolute atomic E-state index is 12.0. The number of carbonyl (C=O) groups excluding carboxylic acids is 1. The Morgan fingerprint density at radius 1 is 1.33 bits per heavy atom. The molecule has 3 N–H and O–H groups in total. The molecule has 5 heteroatoms. The maximum Gasteiger partial charge on any atom is 0.272 e. The minimum atomic E-state index is -0.288. The molecule has 0 saturated heterocycles. The topological polar surface area (TPSA) is 80.9 Å². The molecule has 0 bridgehead atoms. The third-order valence-electron chi connectivity index (χ3n) is 2.59. The number of rotatable bonds is 3. The van der Waals surface area contributed by atoms with Gasteiger partial charge in [-0.2, -0.15) is 0 Å². The number of nitrogens with zero attached hydrogens (tertiary/aromatic N) is 2. The SMILES string of the molecule is C[C@H](NC(=O)c1ncccc1N)c1cccnc1. The van der Waals surface area contributed by atoms with Crippen LogP contribution in [0.5, 0.6) is 0 Å². The Morgan fingerprint density at radius 3 is 2.78 bits per heavy atom. The van der Waals surface area contributed by atoms with Crippen molar-refractivity contribution in [3.8, 4) is 0 Å². The molecule has 0 aromatic carbocycles. The van der Waals surface area contributed by atoms with Crippen LogP contribution < -0.4 is 11.1 Å². The van der Waals surface area contributed by atoms with Gasteiger partial charge in [0.25, 0.3) is 5.91 Å². The molecule has 0 aliphatic carbocycles. The van der Waals surface area contributed by atoms with Crippen molar-refractivity contribution in [1.82, 2.24) is 15.3 Å². The number of hydrogen-bond acceptors (Lipinski definition) is 4. The fourth-order valence-electron chi connectivity index (χ4n) is 1.59. The number of pyridine rings is 2. The lowest BCUT2D eigenvalue weighted by molar-refractivity contribution is 0.0936. The highest BCUT2D eigenvalue weighted by Gasteiger charge is 2.14. The molecule has 2 aromatic heterocycles. The summed E-state index contributed by atoms with van der Waals surface area (Å²) in [6, 6.07) is 6.92. The number of anilines is 1. The van der Waals surface area contributed by atoms with Crippen LogP contribution in [0.15, 0.2) is 42.9 Å². The Hall–Kier alpha value is -2.43. The molecule has 92 valence electrons. The Bertz CT molecular complexity index is 542. The number of nitrogen functional groups attached to an aromatic ring is 1. The van der Waals surface area contributed by atoms with Crippen molar-refractivity contribution in [3.05, 3.63) is 54.1 Å². The normalized spacial score (nSPS) is 11.8. The average molecular weight is 242 g/mol. The van der Waals surface area contributed by atoms with Crippen LogP contribution in [-0.4, -0.2) is 15.9 Å². The van der Waals surface area contributed by atoms with Crippen molar-refractivity contribution in [3.63, 3.8) is 0 Å². The summed E-state index contributed by atoms with van der Waals surface area (Å²) in [5.74, 6) is -0.288. The zero-order valence-corrected chi connectivity index (χ0v) is 10.00. The van der Waals surface area contributed by atoms with E-state index >= 15 is 0 Å². The highest BCUT2D eigenvalue weighted by Crippen LogP contribution is 2.12. The van der Waals surface area contributed by atoms with Crippen LogP contribution in [0.25, 0.3) is 0 Å². The molecule has 18 heavy (non-hydrogen) atoms. The molecule has 1 atom stereocenters. The van der Waals surface area contributed by atoms with Crippen LogP contribution in [0.2, 0.25) is 0 Å². The van der Waals surface area contributed by atoms with Gasteiger partial charge in [-0.3, -0.25) is 9.78 Å². The zero-order valence-electron chi connectivity index (χ0n) is 10.00. The highest BCUT2D eigenvalue weighted by molar-refractivity contribution is 5.97. The van der Waals surface area contributed by atoms with E-state index in [0.717, 1.165) is 5.56 Å². The van der Waals surface area contributed by atoms with Crippen LogP contribution in [0.1, 0.15) is 29.0 Å². The molecule has 0 unspecified atom stereocenters. The number of hydrogen-bond donors (Lipinski definition) is 2. The van der Waals surface area contributed by atoms with E-state index in [9.17, 15) is 4.79 Å². The van der Waals surface area contributed by atoms with E-state index in [4.69, 9.17) is 5.73 Å². The summed E-state index contributed by atoms with van der Waals surface area (Å²) < 4.78 is 0. The molecule has 0 aliphatic rings. The molecule has 0 fully saturated rings. The van der Waals surface area contributed by atoms with Gasteiger partial charge in [0.15, 0.2) is 5.69 Å². The summed E-state index contributed by atoms with van der Waals surface area (Å²) in [7, 11) is 0. The predicted octanol–water partition coefficient (Wildman–Crippen LogP) is 1.55. The van der Waals surface area contributed by atoms with Gasteiger partial charge < -0.3 is 11.1 Å². The number of nitrogens with two attached hydrogens (primary N) is 1. The Labute approximate surface area is 105 Å². The van der Waals surface area contributed by atoms with Gasteiger partial charge in [0, 0.05) is 18.6 Å². The largest absolute Gasteiger partial charge is 0.397 e. The van der Waals surface area contributed by atoms with Crippen molar-refractivity contribution in [1.29, 1.82) is 0 Å². The van der Waals surface area contributed by atoms with Gasteiger partial charge in [0.05, 0.1) is 11.7 Å². The predicted molar refractivity (Wildman–Crippen MR) is 68.8 cm³/mol. The van der Waals surface area contributed by atoms with Crippen LogP contribution in [-0.2, 0) is 0 Å². The molecular weight excluding hydrogens is 228 g/mol. The van der Waals surface area contributed by atoms with Crippen molar-refractivity contribution < 1.29 is 4.79 Å². The number of amides is 1. The lowest BCUT2D eigenvalue weighted by Gasteiger charge is -2.14.